The molecule has 0 spiro atoms. The molecule has 3 amide bonds. The van der Waals surface area contributed by atoms with Crippen LogP contribution in [-0.4, -0.2) is 11.9 Å². The SMILES string of the molecule is N#Cc1ccc(Oc2ccc(NC(=O)NCc3cccc(C(N)=O)c3)cc2)cc1. The van der Waals surface area contributed by atoms with Crippen LogP contribution in [0, 0.1) is 11.3 Å². The standard InChI is InChI=1S/C22H18N4O3/c23-13-15-4-8-19(9-5-15)29-20-10-6-18(7-11-20)26-22(28)25-14-16-2-1-3-17(12-16)21(24)27/h1-12H,14H2,(H2,24,27)(H2,25,26,28). The summed E-state index contributed by atoms with van der Waals surface area (Å²) in [5.74, 6) is 0.698. The Balaban J connectivity index is 1.52. The first-order valence-electron chi connectivity index (χ1n) is 8.75. The van der Waals surface area contributed by atoms with Gasteiger partial charge in [0.15, 0.2) is 0 Å². The van der Waals surface area contributed by atoms with Crippen molar-refractivity contribution in [2.24, 2.45) is 5.73 Å². The van der Waals surface area contributed by atoms with E-state index in [0.717, 1.165) is 5.56 Å². The van der Waals surface area contributed by atoms with E-state index in [4.69, 9.17) is 15.7 Å². The highest BCUT2D eigenvalue weighted by Gasteiger charge is 2.05. The summed E-state index contributed by atoms with van der Waals surface area (Å²) in [6.45, 7) is 0.257. The first-order chi connectivity index (χ1) is 14.0. The highest BCUT2D eigenvalue weighted by molar-refractivity contribution is 5.93. The Morgan fingerprint density at radius 2 is 1.62 bits per heavy atom. The third-order valence-electron chi connectivity index (χ3n) is 4.00. The Bertz CT molecular complexity index is 1050. The lowest BCUT2D eigenvalue weighted by molar-refractivity contribution is 0.1000. The second kappa shape index (κ2) is 9.06. The van der Waals surface area contributed by atoms with Crippen LogP contribution in [0.15, 0.2) is 72.8 Å². The van der Waals surface area contributed by atoms with Gasteiger partial charge in [-0.1, -0.05) is 12.1 Å². The Hall–Kier alpha value is -4.31. The topological polar surface area (TPSA) is 117 Å². The van der Waals surface area contributed by atoms with E-state index in [-0.39, 0.29) is 12.6 Å². The molecule has 0 saturated heterocycles. The summed E-state index contributed by atoms with van der Waals surface area (Å²) in [6.07, 6.45) is 0. The van der Waals surface area contributed by atoms with Gasteiger partial charge in [0.25, 0.3) is 0 Å². The van der Waals surface area contributed by atoms with Crippen LogP contribution in [0.25, 0.3) is 0 Å². The van der Waals surface area contributed by atoms with E-state index in [1.807, 2.05) is 6.07 Å². The first kappa shape index (κ1) is 19.5. The van der Waals surface area contributed by atoms with Crippen LogP contribution >= 0.6 is 0 Å². The molecular weight excluding hydrogens is 368 g/mol. The van der Waals surface area contributed by atoms with Crippen molar-refractivity contribution in [1.29, 1.82) is 5.26 Å². The van der Waals surface area contributed by atoms with Crippen molar-refractivity contribution >= 4 is 17.6 Å². The normalized spacial score (nSPS) is 9.90. The van der Waals surface area contributed by atoms with E-state index in [2.05, 4.69) is 10.6 Å². The number of ether oxygens (including phenoxy) is 1. The Kier molecular flexibility index (Phi) is 6.08. The summed E-state index contributed by atoms with van der Waals surface area (Å²) in [4.78, 5) is 23.3. The van der Waals surface area contributed by atoms with Crippen molar-refractivity contribution < 1.29 is 14.3 Å². The maximum atomic E-state index is 12.1. The zero-order valence-electron chi connectivity index (χ0n) is 15.4. The van der Waals surface area contributed by atoms with E-state index in [9.17, 15) is 9.59 Å². The number of rotatable bonds is 6. The highest BCUT2D eigenvalue weighted by Crippen LogP contribution is 2.23. The van der Waals surface area contributed by atoms with Gasteiger partial charge in [0.2, 0.25) is 5.91 Å². The van der Waals surface area contributed by atoms with E-state index in [0.29, 0.717) is 28.3 Å². The van der Waals surface area contributed by atoms with Crippen molar-refractivity contribution in [3.8, 4) is 17.6 Å². The zero-order valence-corrected chi connectivity index (χ0v) is 15.4. The number of hydrogen-bond acceptors (Lipinski definition) is 4. The Morgan fingerprint density at radius 1 is 0.966 bits per heavy atom. The highest BCUT2D eigenvalue weighted by atomic mass is 16.5. The summed E-state index contributed by atoms with van der Waals surface area (Å²) >= 11 is 0. The van der Waals surface area contributed by atoms with E-state index in [1.54, 1.807) is 72.8 Å². The van der Waals surface area contributed by atoms with E-state index in [1.165, 1.54) is 0 Å². The van der Waals surface area contributed by atoms with Crippen molar-refractivity contribution in [1.82, 2.24) is 5.32 Å². The maximum absolute atomic E-state index is 12.1. The lowest BCUT2D eigenvalue weighted by Crippen LogP contribution is -2.28. The summed E-state index contributed by atoms with van der Waals surface area (Å²) in [5, 5.41) is 14.3. The molecule has 4 N–H and O–H groups in total. The van der Waals surface area contributed by atoms with Gasteiger partial charge in [-0.15, -0.1) is 0 Å². The molecule has 3 aromatic rings. The smallest absolute Gasteiger partial charge is 0.319 e. The van der Waals surface area contributed by atoms with Gasteiger partial charge < -0.3 is 21.1 Å². The minimum absolute atomic E-state index is 0.257. The molecule has 144 valence electrons. The molecule has 7 heteroatoms. The summed E-state index contributed by atoms with van der Waals surface area (Å²) in [6, 6.07) is 22.1. The lowest BCUT2D eigenvalue weighted by Gasteiger charge is -2.10. The molecule has 0 radical (unpaired) electrons. The molecule has 7 nitrogen and oxygen atoms in total. The molecular formula is C22H18N4O3. The van der Waals surface area contributed by atoms with Crippen LogP contribution in [0.2, 0.25) is 0 Å². The van der Waals surface area contributed by atoms with Gasteiger partial charge in [0.05, 0.1) is 11.6 Å². The van der Waals surface area contributed by atoms with Gasteiger partial charge in [-0.2, -0.15) is 5.26 Å². The minimum Gasteiger partial charge on any atom is -0.457 e. The van der Waals surface area contributed by atoms with Crippen LogP contribution in [-0.2, 0) is 6.54 Å². The fourth-order valence-corrected chi connectivity index (χ4v) is 2.53. The molecule has 0 fully saturated rings. The number of nitriles is 1. The van der Waals surface area contributed by atoms with Gasteiger partial charge in [-0.3, -0.25) is 4.79 Å². The first-order valence-corrected chi connectivity index (χ1v) is 8.75. The summed E-state index contributed by atoms with van der Waals surface area (Å²) < 4.78 is 5.70. The Labute approximate surface area is 167 Å². The molecule has 0 heterocycles. The van der Waals surface area contributed by atoms with Crippen LogP contribution < -0.4 is 21.1 Å². The van der Waals surface area contributed by atoms with Gasteiger partial charge in [-0.05, 0) is 66.2 Å². The molecule has 0 atom stereocenters. The largest absolute Gasteiger partial charge is 0.457 e. The van der Waals surface area contributed by atoms with Crippen molar-refractivity contribution in [3.63, 3.8) is 0 Å². The number of benzene rings is 3. The van der Waals surface area contributed by atoms with Crippen LogP contribution in [0.4, 0.5) is 10.5 Å². The number of amides is 3. The third kappa shape index (κ3) is 5.58. The molecule has 0 aromatic heterocycles. The van der Waals surface area contributed by atoms with Crippen molar-refractivity contribution in [2.45, 2.75) is 6.54 Å². The molecule has 0 saturated carbocycles. The number of nitrogens with two attached hydrogens (primary N) is 1. The number of nitrogens with zero attached hydrogens (tertiary/aromatic N) is 1. The van der Waals surface area contributed by atoms with Gasteiger partial charge in [0.1, 0.15) is 11.5 Å². The average Bonchev–Trinajstić information content (AvgIpc) is 2.74. The van der Waals surface area contributed by atoms with Gasteiger partial charge in [-0.25, -0.2) is 4.79 Å². The van der Waals surface area contributed by atoms with Crippen LogP contribution in [0.3, 0.4) is 0 Å². The number of urea groups is 1. The number of primary amides is 1. The number of nitrogens with one attached hydrogen (secondary N) is 2. The number of hydrogen-bond donors (Lipinski definition) is 3. The second-order valence-electron chi connectivity index (χ2n) is 6.13. The average molecular weight is 386 g/mol. The second-order valence-corrected chi connectivity index (χ2v) is 6.13. The number of anilines is 1. The fourth-order valence-electron chi connectivity index (χ4n) is 2.53. The molecule has 3 rings (SSSR count). The molecule has 3 aromatic carbocycles. The quantitative estimate of drug-likeness (QED) is 0.598. The summed E-state index contributed by atoms with van der Waals surface area (Å²) in [5.41, 5.74) is 7.57. The number of carbonyl (C=O) groups is 2. The van der Waals surface area contributed by atoms with E-state index >= 15 is 0 Å². The van der Waals surface area contributed by atoms with Crippen LogP contribution in [0.5, 0.6) is 11.5 Å². The zero-order chi connectivity index (χ0) is 20.6. The molecule has 0 aliphatic heterocycles. The van der Waals surface area contributed by atoms with Crippen molar-refractivity contribution in [3.05, 3.63) is 89.5 Å². The van der Waals surface area contributed by atoms with Gasteiger partial charge >= 0.3 is 6.03 Å². The lowest BCUT2D eigenvalue weighted by atomic mass is 10.1. The van der Waals surface area contributed by atoms with E-state index < -0.39 is 5.91 Å². The summed E-state index contributed by atoms with van der Waals surface area (Å²) in [7, 11) is 0. The Morgan fingerprint density at radius 3 is 2.24 bits per heavy atom. The molecule has 0 bridgehead atoms. The maximum Gasteiger partial charge on any atom is 0.319 e. The van der Waals surface area contributed by atoms with Crippen LogP contribution in [0.1, 0.15) is 21.5 Å². The third-order valence-corrected chi connectivity index (χ3v) is 4.00. The van der Waals surface area contributed by atoms with Gasteiger partial charge in [0, 0.05) is 17.8 Å². The van der Waals surface area contributed by atoms with Crippen molar-refractivity contribution in [2.75, 3.05) is 5.32 Å². The monoisotopic (exact) mass is 386 g/mol. The molecule has 0 aliphatic rings. The molecule has 29 heavy (non-hydrogen) atoms. The predicted octanol–water partition coefficient (Wildman–Crippen LogP) is 3.77. The predicted molar refractivity (Wildman–Crippen MR) is 108 cm³/mol. The molecule has 0 unspecified atom stereocenters. The minimum atomic E-state index is -0.514. The molecule has 0 aliphatic carbocycles. The fraction of sp³-hybridized carbons (Fsp3) is 0.0455. The number of carbonyl (C=O) groups excluding carboxylic acids is 2.